The van der Waals surface area contributed by atoms with Crippen LogP contribution in [-0.4, -0.2) is 18.5 Å². The van der Waals surface area contributed by atoms with Gasteiger partial charge in [0.1, 0.15) is 0 Å². The lowest BCUT2D eigenvalue weighted by Gasteiger charge is -2.30. The summed E-state index contributed by atoms with van der Waals surface area (Å²) in [6.45, 7) is 0. The van der Waals surface area contributed by atoms with Crippen LogP contribution in [0.5, 0.6) is 0 Å². The van der Waals surface area contributed by atoms with E-state index in [9.17, 15) is 43.9 Å². The van der Waals surface area contributed by atoms with E-state index in [1.54, 1.807) is 12.1 Å². The van der Waals surface area contributed by atoms with Gasteiger partial charge in [-0.3, -0.25) is 0 Å². The Morgan fingerprint density at radius 3 is 1.15 bits per heavy atom. The van der Waals surface area contributed by atoms with E-state index in [2.05, 4.69) is 0 Å². The predicted octanol–water partition coefficient (Wildman–Crippen LogP) is 8.50. The van der Waals surface area contributed by atoms with Crippen molar-refractivity contribution in [2.24, 2.45) is 0 Å². The molecule has 0 fully saturated rings. The number of benzene rings is 3. The lowest BCUT2D eigenvalue weighted by atomic mass is 9.87. The van der Waals surface area contributed by atoms with Crippen LogP contribution in [0.3, 0.4) is 0 Å². The zero-order chi connectivity index (χ0) is 25.4. The van der Waals surface area contributed by atoms with Crippen LogP contribution in [0.25, 0.3) is 11.1 Å². The fourth-order valence-electron chi connectivity index (χ4n) is 3.47. The third-order valence-electron chi connectivity index (χ3n) is 5.01. The molecule has 0 aliphatic rings. The van der Waals surface area contributed by atoms with Gasteiger partial charge >= 0.3 is 24.2 Å². The van der Waals surface area contributed by atoms with Crippen molar-refractivity contribution in [1.82, 2.24) is 0 Å². The van der Waals surface area contributed by atoms with E-state index in [-0.39, 0.29) is 28.8 Å². The van der Waals surface area contributed by atoms with E-state index in [1.165, 1.54) is 48.5 Å². The van der Waals surface area contributed by atoms with Gasteiger partial charge in [-0.25, -0.2) is 4.39 Å². The van der Waals surface area contributed by atoms with Crippen molar-refractivity contribution < 1.29 is 43.9 Å². The molecule has 0 saturated heterocycles. The summed E-state index contributed by atoms with van der Waals surface area (Å²) in [4.78, 5) is 0. The van der Waals surface area contributed by atoms with Gasteiger partial charge in [-0.2, -0.15) is 39.5 Å². The van der Waals surface area contributed by atoms with E-state index >= 15 is 0 Å². The molecule has 34 heavy (non-hydrogen) atoms. The molecule has 0 unspecified atom stereocenters. The van der Waals surface area contributed by atoms with Crippen LogP contribution >= 0.6 is 0 Å². The lowest BCUT2D eigenvalue weighted by molar-refractivity contribution is -0.348. The zero-order valence-electron chi connectivity index (χ0n) is 16.9. The van der Waals surface area contributed by atoms with Gasteiger partial charge in [-0.1, -0.05) is 84.9 Å². The molecule has 0 aromatic heterocycles. The quantitative estimate of drug-likeness (QED) is 0.253. The number of hydrogen-bond acceptors (Lipinski definition) is 0. The molecule has 3 rings (SSSR count). The summed E-state index contributed by atoms with van der Waals surface area (Å²) in [5.74, 6) is 0. The molecule has 0 radical (unpaired) electrons. The number of hydrogen-bond donors (Lipinski definition) is 0. The van der Waals surface area contributed by atoms with Crippen molar-refractivity contribution in [1.29, 1.82) is 0 Å². The highest BCUT2D eigenvalue weighted by atomic mass is 19.4. The molecule has 0 amide bonds. The third kappa shape index (κ3) is 4.67. The highest BCUT2D eigenvalue weighted by molar-refractivity contribution is 6.00. The first-order valence-corrected chi connectivity index (χ1v) is 9.53. The van der Waals surface area contributed by atoms with Crippen LogP contribution in [0.4, 0.5) is 43.9 Å². The maximum absolute atomic E-state index is 14.3. The monoisotopic (exact) mass is 492 g/mol. The molecule has 180 valence electrons. The number of allylic oxidation sites excluding steroid dienone is 1. The summed E-state index contributed by atoms with van der Waals surface area (Å²) < 4.78 is 135. The van der Waals surface area contributed by atoms with Crippen molar-refractivity contribution in [3.8, 4) is 0 Å². The number of alkyl halides is 10. The van der Waals surface area contributed by atoms with Crippen molar-refractivity contribution >= 4 is 11.1 Å². The smallest absolute Gasteiger partial charge is 0.218 e. The molecule has 0 atom stereocenters. The molecule has 0 bridgehead atoms. The van der Waals surface area contributed by atoms with Crippen molar-refractivity contribution in [3.63, 3.8) is 0 Å². The molecule has 0 nitrogen and oxygen atoms in total. The predicted molar refractivity (Wildman–Crippen MR) is 106 cm³/mol. The molecule has 0 aliphatic carbocycles. The fourth-order valence-corrected chi connectivity index (χ4v) is 3.47. The van der Waals surface area contributed by atoms with Crippen LogP contribution in [0, 0.1) is 0 Å². The van der Waals surface area contributed by atoms with Crippen molar-refractivity contribution in [2.75, 3.05) is 0 Å². The van der Waals surface area contributed by atoms with Gasteiger partial charge in [0.25, 0.3) is 0 Å². The van der Waals surface area contributed by atoms with Gasteiger partial charge in [-0.05, 0) is 16.7 Å². The first-order valence-electron chi connectivity index (χ1n) is 9.53. The Morgan fingerprint density at radius 1 is 0.441 bits per heavy atom. The molecule has 3 aromatic carbocycles. The maximum Gasteiger partial charge on any atom is 0.435 e. The summed E-state index contributed by atoms with van der Waals surface area (Å²) in [7, 11) is 0. The van der Waals surface area contributed by atoms with E-state index in [1.807, 2.05) is 0 Å². The molecule has 0 heterocycles. The first-order chi connectivity index (χ1) is 15.7. The minimum atomic E-state index is -6.38. The van der Waals surface area contributed by atoms with Gasteiger partial charge < -0.3 is 0 Å². The van der Waals surface area contributed by atoms with E-state index in [4.69, 9.17) is 0 Å². The zero-order valence-corrected chi connectivity index (χ0v) is 16.9. The average molecular weight is 492 g/mol. The van der Waals surface area contributed by atoms with Crippen LogP contribution in [-0.2, 0) is 5.67 Å². The first kappa shape index (κ1) is 25.3. The molecule has 10 heteroatoms. The summed E-state index contributed by atoms with van der Waals surface area (Å²) in [6.07, 6.45) is -17.8. The number of rotatable bonds is 4. The largest absolute Gasteiger partial charge is 0.435 e. The normalized spacial score (nSPS) is 13.0. The highest BCUT2D eigenvalue weighted by Gasteiger charge is 2.73. The Hall–Kier alpha value is -3.30. The van der Waals surface area contributed by atoms with Crippen LogP contribution in [0.1, 0.15) is 22.3 Å². The van der Waals surface area contributed by atoms with Gasteiger partial charge in [0, 0.05) is 11.1 Å². The molecule has 0 saturated carbocycles. The molecular weight excluding hydrogens is 478 g/mol. The summed E-state index contributed by atoms with van der Waals surface area (Å²) in [5.41, 5.74) is -9.79. The van der Waals surface area contributed by atoms with E-state index < -0.39 is 40.9 Å². The summed E-state index contributed by atoms with van der Waals surface area (Å²) in [6, 6.07) is 15.4. The minimum Gasteiger partial charge on any atom is -0.218 e. The van der Waals surface area contributed by atoms with Crippen LogP contribution < -0.4 is 0 Å². The highest BCUT2D eigenvalue weighted by Crippen LogP contribution is 2.53. The Balaban J connectivity index is 2.30. The van der Waals surface area contributed by atoms with E-state index in [0.717, 1.165) is 0 Å². The molecule has 0 aliphatic heterocycles. The van der Waals surface area contributed by atoms with Crippen LogP contribution in [0.15, 0.2) is 84.9 Å². The van der Waals surface area contributed by atoms with Gasteiger partial charge in [0.05, 0.1) is 5.57 Å². The van der Waals surface area contributed by atoms with Gasteiger partial charge in [0.15, 0.2) is 0 Å². The van der Waals surface area contributed by atoms with Crippen molar-refractivity contribution in [3.05, 3.63) is 107 Å². The molecular formula is C24H14F10. The lowest BCUT2D eigenvalue weighted by Crippen LogP contribution is -2.50. The Labute approximate surface area is 187 Å². The maximum atomic E-state index is 14.3. The fraction of sp³-hybridized carbons (Fsp3) is 0.167. The Bertz CT molecular complexity index is 1080. The van der Waals surface area contributed by atoms with Gasteiger partial charge in [0.2, 0.25) is 0 Å². The standard InChI is InChI=1S/C24H14F10/c25-21(23(29,30)31,24(32,33)34)18-13-11-17(12-14-18)20(22(26,27)28)19(15-7-3-1-4-8-15)16-9-5-2-6-10-16/h1-14H. The van der Waals surface area contributed by atoms with Crippen LogP contribution in [0.2, 0.25) is 0 Å². The number of halogens is 10. The Kier molecular flexibility index (Phi) is 6.56. The second kappa shape index (κ2) is 8.81. The Morgan fingerprint density at radius 2 is 0.824 bits per heavy atom. The molecule has 0 spiro atoms. The second-order valence-corrected chi connectivity index (χ2v) is 7.21. The third-order valence-corrected chi connectivity index (χ3v) is 5.01. The summed E-state index contributed by atoms with van der Waals surface area (Å²) >= 11 is 0. The average Bonchev–Trinajstić information content (AvgIpc) is 2.76. The van der Waals surface area contributed by atoms with Crippen molar-refractivity contribution in [2.45, 2.75) is 24.2 Å². The second-order valence-electron chi connectivity index (χ2n) is 7.21. The minimum absolute atomic E-state index is 0.0651. The van der Waals surface area contributed by atoms with E-state index in [0.29, 0.717) is 12.1 Å². The molecule has 3 aromatic rings. The summed E-state index contributed by atoms with van der Waals surface area (Å²) in [5, 5.41) is 0. The topological polar surface area (TPSA) is 0 Å². The van der Waals surface area contributed by atoms with Gasteiger partial charge in [-0.15, -0.1) is 0 Å². The SMILES string of the molecule is FC(F)(F)C(=C(c1ccccc1)c1ccccc1)c1ccc(C(F)(C(F)(F)F)C(F)(F)F)cc1. The molecule has 0 N–H and O–H groups in total.